The van der Waals surface area contributed by atoms with Gasteiger partial charge in [-0.2, -0.15) is 0 Å². The molecule has 0 unspecified atom stereocenters. The lowest BCUT2D eigenvalue weighted by Gasteiger charge is -2.21. The van der Waals surface area contributed by atoms with Crippen LogP contribution in [-0.2, 0) is 4.79 Å². The molecule has 0 radical (unpaired) electrons. The molecule has 2 rings (SSSR count). The summed E-state index contributed by atoms with van der Waals surface area (Å²) in [5.41, 5.74) is -0.624. The van der Waals surface area contributed by atoms with Gasteiger partial charge in [0.05, 0.1) is 4.47 Å². The Morgan fingerprint density at radius 1 is 1.35 bits per heavy atom. The minimum Gasteiger partial charge on any atom is -0.486 e. The lowest BCUT2D eigenvalue weighted by molar-refractivity contribution is -0.131. The number of ether oxygens (including phenoxy) is 2. The number of hydrogen-bond acceptors (Lipinski definition) is 4. The van der Waals surface area contributed by atoms with E-state index in [-0.39, 0.29) is 29.2 Å². The summed E-state index contributed by atoms with van der Waals surface area (Å²) in [6.45, 7) is 0.389. The zero-order chi connectivity index (χ0) is 12.6. The van der Waals surface area contributed by atoms with E-state index in [9.17, 15) is 14.0 Å². The fraction of sp³-hybridized carbons (Fsp3) is 0.200. The van der Waals surface area contributed by atoms with E-state index < -0.39 is 23.1 Å². The predicted octanol–water partition coefficient (Wildman–Crippen LogP) is 1.63. The van der Waals surface area contributed by atoms with Crippen molar-refractivity contribution < 1.29 is 28.6 Å². The van der Waals surface area contributed by atoms with Crippen molar-refractivity contribution in [2.24, 2.45) is 0 Å². The molecule has 0 atom stereocenters. The molecule has 0 saturated carbocycles. The van der Waals surface area contributed by atoms with Gasteiger partial charge in [-0.15, -0.1) is 0 Å². The summed E-state index contributed by atoms with van der Waals surface area (Å²) in [6, 6.07) is 1.29. The quantitative estimate of drug-likeness (QED) is 0.664. The molecule has 7 heteroatoms. The summed E-state index contributed by atoms with van der Waals surface area (Å²) in [7, 11) is 0. The first-order chi connectivity index (χ1) is 8.02. The Labute approximate surface area is 103 Å². The minimum absolute atomic E-state index is 0.0497. The van der Waals surface area contributed by atoms with Crippen LogP contribution in [0.1, 0.15) is 10.4 Å². The maximum atomic E-state index is 13.7. The molecule has 1 aliphatic heterocycles. The number of carbonyl (C=O) groups is 2. The number of fused-ring (bicyclic) bond motifs is 1. The highest BCUT2D eigenvalue weighted by atomic mass is 79.9. The van der Waals surface area contributed by atoms with E-state index in [1.807, 2.05) is 0 Å². The molecule has 1 heterocycles. The second kappa shape index (κ2) is 4.33. The first-order valence-corrected chi connectivity index (χ1v) is 5.37. The predicted molar refractivity (Wildman–Crippen MR) is 57.1 cm³/mol. The van der Waals surface area contributed by atoms with E-state index >= 15 is 0 Å². The summed E-state index contributed by atoms with van der Waals surface area (Å²) in [4.78, 5) is 22.0. The Morgan fingerprint density at radius 3 is 2.65 bits per heavy atom. The third-order valence-electron chi connectivity index (χ3n) is 2.15. The zero-order valence-electron chi connectivity index (χ0n) is 8.33. The van der Waals surface area contributed by atoms with E-state index in [1.165, 1.54) is 6.07 Å². The van der Waals surface area contributed by atoms with Gasteiger partial charge < -0.3 is 14.6 Å². The Hall–Kier alpha value is -1.63. The van der Waals surface area contributed by atoms with Crippen LogP contribution < -0.4 is 9.47 Å². The van der Waals surface area contributed by atoms with Crippen LogP contribution in [0.2, 0.25) is 0 Å². The molecule has 90 valence electrons. The molecule has 1 aromatic rings. The van der Waals surface area contributed by atoms with Crippen LogP contribution in [0.3, 0.4) is 0 Å². The van der Waals surface area contributed by atoms with Crippen LogP contribution in [0.5, 0.6) is 11.5 Å². The molecule has 0 aliphatic carbocycles. The Morgan fingerprint density at radius 2 is 2.00 bits per heavy atom. The van der Waals surface area contributed by atoms with E-state index in [1.54, 1.807) is 0 Å². The van der Waals surface area contributed by atoms with Crippen LogP contribution in [0.15, 0.2) is 10.5 Å². The number of carboxylic acid groups (broad SMARTS) is 1. The fourth-order valence-electron chi connectivity index (χ4n) is 1.44. The number of aliphatic carboxylic acids is 1. The molecule has 1 N–H and O–H groups in total. The number of carboxylic acids is 1. The van der Waals surface area contributed by atoms with Gasteiger partial charge in [0.25, 0.3) is 5.78 Å². The molecule has 0 saturated heterocycles. The van der Waals surface area contributed by atoms with Gasteiger partial charge in [0.15, 0.2) is 17.3 Å². The van der Waals surface area contributed by atoms with E-state index in [0.29, 0.717) is 0 Å². The topological polar surface area (TPSA) is 72.8 Å². The molecule has 5 nitrogen and oxygen atoms in total. The molecule has 0 spiro atoms. The summed E-state index contributed by atoms with van der Waals surface area (Å²) in [5.74, 6) is -4.11. The maximum Gasteiger partial charge on any atom is 0.377 e. The number of Topliss-reactive ketones (excluding diaryl/α,β-unsaturated/α-hetero) is 1. The van der Waals surface area contributed by atoms with E-state index in [4.69, 9.17) is 14.6 Å². The van der Waals surface area contributed by atoms with Crippen LogP contribution in [0.4, 0.5) is 4.39 Å². The normalized spacial score (nSPS) is 13.3. The van der Waals surface area contributed by atoms with Crippen molar-refractivity contribution in [1.82, 2.24) is 0 Å². The summed E-state index contributed by atoms with van der Waals surface area (Å²) in [6.07, 6.45) is 0. The molecular weight excluding hydrogens is 299 g/mol. The second-order valence-electron chi connectivity index (χ2n) is 3.21. The summed E-state index contributed by atoms with van der Waals surface area (Å²) in [5, 5.41) is 8.62. The molecular formula is C10H6BrFO5. The van der Waals surface area contributed by atoms with Crippen LogP contribution in [0, 0.1) is 5.82 Å². The summed E-state index contributed by atoms with van der Waals surface area (Å²) >= 11 is 2.89. The first kappa shape index (κ1) is 11.8. The van der Waals surface area contributed by atoms with Gasteiger partial charge in [0.2, 0.25) is 0 Å². The molecule has 0 bridgehead atoms. The van der Waals surface area contributed by atoms with Gasteiger partial charge in [0, 0.05) is 6.07 Å². The van der Waals surface area contributed by atoms with Gasteiger partial charge in [-0.3, -0.25) is 4.79 Å². The minimum atomic E-state index is -1.75. The first-order valence-electron chi connectivity index (χ1n) is 4.57. The number of hydrogen-bond donors (Lipinski definition) is 1. The van der Waals surface area contributed by atoms with Crippen LogP contribution in [0.25, 0.3) is 0 Å². The smallest absolute Gasteiger partial charge is 0.377 e. The van der Waals surface area contributed by atoms with Crippen LogP contribution in [-0.4, -0.2) is 30.1 Å². The average Bonchev–Trinajstić information content (AvgIpc) is 2.30. The van der Waals surface area contributed by atoms with Gasteiger partial charge >= 0.3 is 5.97 Å². The van der Waals surface area contributed by atoms with Crippen molar-refractivity contribution in [1.29, 1.82) is 0 Å². The molecule has 17 heavy (non-hydrogen) atoms. The molecule has 0 aromatic heterocycles. The number of ketones is 1. The lowest BCUT2D eigenvalue weighted by atomic mass is 10.1. The van der Waals surface area contributed by atoms with E-state index in [0.717, 1.165) is 0 Å². The monoisotopic (exact) mass is 304 g/mol. The Kier molecular flexibility index (Phi) is 3.01. The van der Waals surface area contributed by atoms with Crippen molar-refractivity contribution >= 4 is 27.7 Å². The van der Waals surface area contributed by atoms with Gasteiger partial charge in [-0.25, -0.2) is 9.18 Å². The van der Waals surface area contributed by atoms with Crippen molar-refractivity contribution in [3.05, 3.63) is 21.9 Å². The Bertz CT molecular complexity index is 514. The largest absolute Gasteiger partial charge is 0.486 e. The summed E-state index contributed by atoms with van der Waals surface area (Å²) < 4.78 is 23.9. The maximum absolute atomic E-state index is 13.7. The Balaban J connectivity index is 2.66. The zero-order valence-corrected chi connectivity index (χ0v) is 9.91. The van der Waals surface area contributed by atoms with Gasteiger partial charge in [-0.05, 0) is 15.9 Å². The standard InChI is InChI=1S/C10H6BrFO5/c11-4-3-5-9(17-2-1-16-5)6(7(4)12)8(13)10(14)15/h3H,1-2H2,(H,14,15). The molecule has 0 fully saturated rings. The third kappa shape index (κ3) is 1.97. The second-order valence-corrected chi connectivity index (χ2v) is 4.06. The number of carbonyl (C=O) groups excluding carboxylic acids is 1. The van der Waals surface area contributed by atoms with Crippen molar-refractivity contribution in [3.63, 3.8) is 0 Å². The highest BCUT2D eigenvalue weighted by molar-refractivity contribution is 9.10. The number of rotatable bonds is 2. The lowest BCUT2D eigenvalue weighted by Crippen LogP contribution is -2.22. The molecule has 1 aliphatic rings. The fourth-order valence-corrected chi connectivity index (χ4v) is 1.85. The third-order valence-corrected chi connectivity index (χ3v) is 2.72. The highest BCUT2D eigenvalue weighted by Crippen LogP contribution is 2.39. The van der Waals surface area contributed by atoms with Crippen molar-refractivity contribution in [3.8, 4) is 11.5 Å². The highest BCUT2D eigenvalue weighted by Gasteiger charge is 2.30. The van der Waals surface area contributed by atoms with Crippen molar-refractivity contribution in [2.45, 2.75) is 0 Å². The van der Waals surface area contributed by atoms with E-state index in [2.05, 4.69) is 15.9 Å². The molecule has 0 amide bonds. The van der Waals surface area contributed by atoms with Crippen LogP contribution >= 0.6 is 15.9 Å². The SMILES string of the molecule is O=C(O)C(=O)c1c(F)c(Br)cc2c1OCCO2. The average molecular weight is 305 g/mol. The van der Waals surface area contributed by atoms with Gasteiger partial charge in [0.1, 0.15) is 18.8 Å². The molecule has 1 aromatic carbocycles. The van der Waals surface area contributed by atoms with Gasteiger partial charge in [-0.1, -0.05) is 0 Å². The number of halogens is 2. The van der Waals surface area contributed by atoms with Crippen molar-refractivity contribution in [2.75, 3.05) is 13.2 Å². The number of benzene rings is 1.